The van der Waals surface area contributed by atoms with E-state index in [0.29, 0.717) is 6.61 Å². The minimum atomic E-state index is -1.64. The number of alkyl halides is 1. The first-order chi connectivity index (χ1) is 6.64. The van der Waals surface area contributed by atoms with E-state index < -0.39 is 12.3 Å². The number of ether oxygens (including phenoxy) is 1. The Balaban J connectivity index is 2.29. The molecule has 1 aromatic rings. The molecule has 78 valence electrons. The van der Waals surface area contributed by atoms with Crippen LogP contribution >= 0.6 is 0 Å². The van der Waals surface area contributed by atoms with E-state index in [1.54, 1.807) is 0 Å². The molecule has 14 heavy (non-hydrogen) atoms. The molecule has 0 saturated carbocycles. The Bertz CT molecular complexity index is 259. The molecule has 1 aromatic carbocycles. The van der Waals surface area contributed by atoms with Crippen molar-refractivity contribution < 1.29 is 14.2 Å². The summed E-state index contributed by atoms with van der Waals surface area (Å²) in [6.07, 6.45) is 0. The van der Waals surface area contributed by atoms with E-state index in [4.69, 9.17) is 9.84 Å². The highest BCUT2D eigenvalue weighted by Crippen LogP contribution is 2.10. The molecule has 0 heterocycles. The van der Waals surface area contributed by atoms with Crippen molar-refractivity contribution in [2.75, 3.05) is 13.2 Å². The monoisotopic (exact) mass is 198 g/mol. The van der Waals surface area contributed by atoms with Crippen molar-refractivity contribution in [3.8, 4) is 0 Å². The topological polar surface area (TPSA) is 29.5 Å². The Kier molecular flexibility index (Phi) is 4.04. The van der Waals surface area contributed by atoms with Gasteiger partial charge in [0.1, 0.15) is 0 Å². The van der Waals surface area contributed by atoms with Gasteiger partial charge in [0.2, 0.25) is 0 Å². The zero-order chi connectivity index (χ0) is 10.4. The van der Waals surface area contributed by atoms with Crippen LogP contribution < -0.4 is 0 Å². The summed E-state index contributed by atoms with van der Waals surface area (Å²) in [6, 6.07) is 9.54. The normalized spacial score (nSPS) is 15.1. The summed E-state index contributed by atoms with van der Waals surface area (Å²) >= 11 is 0. The molecule has 0 amide bonds. The summed E-state index contributed by atoms with van der Waals surface area (Å²) in [5.74, 6) is 0. The lowest BCUT2D eigenvalue weighted by Gasteiger charge is -2.16. The molecule has 0 spiro atoms. The number of halogens is 1. The van der Waals surface area contributed by atoms with E-state index in [2.05, 4.69) is 0 Å². The van der Waals surface area contributed by atoms with Crippen LogP contribution in [0.1, 0.15) is 12.5 Å². The van der Waals surface area contributed by atoms with Gasteiger partial charge in [-0.2, -0.15) is 0 Å². The maximum Gasteiger partial charge on any atom is 0.154 e. The molecular weight excluding hydrogens is 183 g/mol. The molecule has 1 atom stereocenters. The molecule has 1 N–H and O–H groups in total. The van der Waals surface area contributed by atoms with Crippen molar-refractivity contribution in [3.63, 3.8) is 0 Å². The molecule has 0 unspecified atom stereocenters. The molecule has 1 rings (SSSR count). The lowest BCUT2D eigenvalue weighted by atomic mass is 10.2. The summed E-state index contributed by atoms with van der Waals surface area (Å²) in [5.41, 5.74) is -0.643. The van der Waals surface area contributed by atoms with Crippen molar-refractivity contribution in [1.82, 2.24) is 0 Å². The molecule has 0 radical (unpaired) electrons. The number of aliphatic hydroxyl groups excluding tert-OH is 1. The average Bonchev–Trinajstić information content (AvgIpc) is 2.19. The second-order valence-corrected chi connectivity index (χ2v) is 3.55. The summed E-state index contributed by atoms with van der Waals surface area (Å²) in [7, 11) is 0. The van der Waals surface area contributed by atoms with Crippen molar-refractivity contribution in [2.24, 2.45) is 0 Å². The highest BCUT2D eigenvalue weighted by atomic mass is 19.1. The smallest absolute Gasteiger partial charge is 0.154 e. The summed E-state index contributed by atoms with van der Waals surface area (Å²) < 4.78 is 18.3. The van der Waals surface area contributed by atoms with Crippen molar-refractivity contribution in [3.05, 3.63) is 35.9 Å². The summed E-state index contributed by atoms with van der Waals surface area (Å²) in [4.78, 5) is 0. The van der Waals surface area contributed by atoms with Gasteiger partial charge in [-0.3, -0.25) is 0 Å². The first kappa shape index (κ1) is 11.1. The fourth-order valence-corrected chi connectivity index (χ4v) is 1.00. The maximum absolute atomic E-state index is 13.1. The number of rotatable bonds is 5. The van der Waals surface area contributed by atoms with Crippen LogP contribution in [-0.4, -0.2) is 24.0 Å². The van der Waals surface area contributed by atoms with Gasteiger partial charge in [-0.15, -0.1) is 0 Å². The van der Waals surface area contributed by atoms with Gasteiger partial charge in [-0.1, -0.05) is 30.3 Å². The first-order valence-electron chi connectivity index (χ1n) is 4.55. The van der Waals surface area contributed by atoms with Crippen LogP contribution in [0.3, 0.4) is 0 Å². The Hall–Kier alpha value is -0.930. The van der Waals surface area contributed by atoms with E-state index >= 15 is 0 Å². The van der Waals surface area contributed by atoms with Crippen LogP contribution in [0.2, 0.25) is 0 Å². The molecular formula is C11H15FO2. The van der Waals surface area contributed by atoms with Gasteiger partial charge in [0.25, 0.3) is 0 Å². The Morgan fingerprint density at radius 3 is 2.57 bits per heavy atom. The van der Waals surface area contributed by atoms with Gasteiger partial charge >= 0.3 is 0 Å². The van der Waals surface area contributed by atoms with Gasteiger partial charge < -0.3 is 9.84 Å². The van der Waals surface area contributed by atoms with Gasteiger partial charge in [0.15, 0.2) is 5.67 Å². The van der Waals surface area contributed by atoms with Crippen molar-refractivity contribution >= 4 is 0 Å². The lowest BCUT2D eigenvalue weighted by molar-refractivity contribution is -0.0148. The lowest BCUT2D eigenvalue weighted by Crippen LogP contribution is -2.29. The third kappa shape index (κ3) is 3.85. The number of aliphatic hydroxyl groups is 1. The second kappa shape index (κ2) is 5.08. The van der Waals surface area contributed by atoms with E-state index in [1.165, 1.54) is 6.92 Å². The molecule has 2 nitrogen and oxygen atoms in total. The van der Waals surface area contributed by atoms with Gasteiger partial charge in [-0.25, -0.2) is 4.39 Å². The number of benzene rings is 1. The molecule has 0 aliphatic carbocycles. The summed E-state index contributed by atoms with van der Waals surface area (Å²) in [6.45, 7) is 1.10. The van der Waals surface area contributed by atoms with Crippen LogP contribution in [0.25, 0.3) is 0 Å². The molecule has 0 fully saturated rings. The molecule has 0 bridgehead atoms. The van der Waals surface area contributed by atoms with E-state index in [0.717, 1.165) is 5.56 Å². The third-order valence-corrected chi connectivity index (χ3v) is 1.84. The number of hydrogen-bond donors (Lipinski definition) is 1. The highest BCUT2D eigenvalue weighted by molar-refractivity contribution is 5.13. The summed E-state index contributed by atoms with van der Waals surface area (Å²) in [5, 5.41) is 8.64. The quantitative estimate of drug-likeness (QED) is 0.783. The van der Waals surface area contributed by atoms with Gasteiger partial charge in [0.05, 0.1) is 19.8 Å². The van der Waals surface area contributed by atoms with Crippen molar-refractivity contribution in [2.45, 2.75) is 19.2 Å². The third-order valence-electron chi connectivity index (χ3n) is 1.84. The van der Waals surface area contributed by atoms with Gasteiger partial charge in [-0.05, 0) is 12.5 Å². The van der Waals surface area contributed by atoms with Crippen molar-refractivity contribution in [1.29, 1.82) is 0 Å². The average molecular weight is 198 g/mol. The standard InChI is InChI=1S/C11H15FO2/c1-11(12,8-13)9-14-7-10-5-3-2-4-6-10/h2-6,13H,7-9H2,1H3/t11-/m1/s1. The van der Waals surface area contributed by atoms with E-state index in [-0.39, 0.29) is 6.61 Å². The highest BCUT2D eigenvalue weighted by Gasteiger charge is 2.21. The maximum atomic E-state index is 13.1. The van der Waals surface area contributed by atoms with Crippen LogP contribution in [0.5, 0.6) is 0 Å². The van der Waals surface area contributed by atoms with Crippen LogP contribution in [-0.2, 0) is 11.3 Å². The van der Waals surface area contributed by atoms with Gasteiger partial charge in [0, 0.05) is 0 Å². The predicted molar refractivity (Wildman–Crippen MR) is 52.7 cm³/mol. The molecule has 0 saturated heterocycles. The second-order valence-electron chi connectivity index (χ2n) is 3.55. The molecule has 0 aliphatic rings. The first-order valence-corrected chi connectivity index (χ1v) is 4.55. The molecule has 0 aliphatic heterocycles. The Morgan fingerprint density at radius 2 is 2.00 bits per heavy atom. The van der Waals surface area contributed by atoms with Crippen LogP contribution in [0.4, 0.5) is 4.39 Å². The fourth-order valence-electron chi connectivity index (χ4n) is 1.00. The van der Waals surface area contributed by atoms with Crippen LogP contribution in [0, 0.1) is 0 Å². The zero-order valence-corrected chi connectivity index (χ0v) is 8.24. The fraction of sp³-hybridized carbons (Fsp3) is 0.455. The minimum Gasteiger partial charge on any atom is -0.393 e. The SMILES string of the molecule is C[C@@](F)(CO)COCc1ccccc1. The zero-order valence-electron chi connectivity index (χ0n) is 8.24. The van der Waals surface area contributed by atoms with Crippen LogP contribution in [0.15, 0.2) is 30.3 Å². The minimum absolute atomic E-state index is 0.0849. The Morgan fingerprint density at radius 1 is 1.36 bits per heavy atom. The number of hydrogen-bond acceptors (Lipinski definition) is 2. The molecule has 0 aromatic heterocycles. The predicted octanol–water partition coefficient (Wildman–Crippen LogP) is 1.92. The largest absolute Gasteiger partial charge is 0.393 e. The Labute approximate surface area is 83.3 Å². The molecule has 3 heteroatoms. The van der Waals surface area contributed by atoms with E-state index in [1.807, 2.05) is 30.3 Å². The van der Waals surface area contributed by atoms with E-state index in [9.17, 15) is 4.39 Å².